The van der Waals surface area contributed by atoms with Crippen LogP contribution in [0.5, 0.6) is 0 Å². The fourth-order valence-electron chi connectivity index (χ4n) is 1.12. The highest BCUT2D eigenvalue weighted by atomic mass is 31.2. The van der Waals surface area contributed by atoms with Gasteiger partial charge in [-0.2, -0.15) is 0 Å². The van der Waals surface area contributed by atoms with E-state index in [1.807, 2.05) is 0 Å². The molecule has 0 aromatic rings. The van der Waals surface area contributed by atoms with Gasteiger partial charge in [0.2, 0.25) is 7.37 Å². The number of hydrogen-bond donors (Lipinski definition) is 1. The number of Topliss-reactive ketones (excluding diaryl/α,β-unsaturated/α-hetero) is 2. The van der Waals surface area contributed by atoms with Crippen molar-refractivity contribution in [3.63, 3.8) is 0 Å². The molecule has 8 nitrogen and oxygen atoms in total. The van der Waals surface area contributed by atoms with Gasteiger partial charge in [-0.05, 0) is 13.8 Å². The van der Waals surface area contributed by atoms with Gasteiger partial charge < -0.3 is 23.8 Å². The Hall–Kier alpha value is -0.630. The Bertz CT molecular complexity index is 327. The topological polar surface area (TPSA) is 108 Å². The molecule has 1 N–H and O–H groups in total. The summed E-state index contributed by atoms with van der Waals surface area (Å²) in [5.74, 6) is -0.188. The number of carbonyl (C=O) groups is 2. The van der Waals surface area contributed by atoms with Crippen LogP contribution in [0.1, 0.15) is 13.8 Å². The third-order valence-electron chi connectivity index (χ3n) is 1.94. The highest BCUT2D eigenvalue weighted by molar-refractivity contribution is 7.57. The maximum Gasteiger partial charge on any atom is 0.250 e. The van der Waals surface area contributed by atoms with Crippen LogP contribution >= 0.6 is 7.37 Å². The van der Waals surface area contributed by atoms with Crippen LogP contribution in [0.15, 0.2) is 0 Å². The first-order chi connectivity index (χ1) is 9.83. The van der Waals surface area contributed by atoms with Crippen molar-refractivity contribution >= 4 is 18.9 Å². The van der Waals surface area contributed by atoms with Crippen LogP contribution in [0.2, 0.25) is 0 Å². The first-order valence-corrected chi connectivity index (χ1v) is 8.47. The Balaban J connectivity index is 3.49. The van der Waals surface area contributed by atoms with Gasteiger partial charge in [-0.15, -0.1) is 0 Å². The van der Waals surface area contributed by atoms with Gasteiger partial charge in [0.15, 0.2) is 11.6 Å². The Labute approximate surface area is 124 Å². The summed E-state index contributed by atoms with van der Waals surface area (Å²) < 4.78 is 31.4. The van der Waals surface area contributed by atoms with Crippen LogP contribution in [0, 0.1) is 0 Å². The maximum atomic E-state index is 11.6. The van der Waals surface area contributed by atoms with E-state index < -0.39 is 7.37 Å². The van der Waals surface area contributed by atoms with E-state index in [4.69, 9.17) is 18.9 Å². The summed E-state index contributed by atoms with van der Waals surface area (Å²) in [4.78, 5) is 30.7. The van der Waals surface area contributed by atoms with E-state index in [1.165, 1.54) is 13.8 Å². The van der Waals surface area contributed by atoms with Crippen molar-refractivity contribution in [2.75, 3.05) is 52.3 Å². The van der Waals surface area contributed by atoms with Crippen molar-refractivity contribution in [1.82, 2.24) is 0 Å². The molecule has 0 aliphatic heterocycles. The molecule has 0 amide bonds. The number of ketones is 2. The quantitative estimate of drug-likeness (QED) is 0.361. The highest BCUT2D eigenvalue weighted by Crippen LogP contribution is 2.39. The zero-order valence-corrected chi connectivity index (χ0v) is 13.3. The molecule has 0 fully saturated rings. The summed E-state index contributed by atoms with van der Waals surface area (Å²) in [7, 11) is -3.52. The Morgan fingerprint density at radius 1 is 0.810 bits per heavy atom. The van der Waals surface area contributed by atoms with Gasteiger partial charge in [-0.25, -0.2) is 0 Å². The highest BCUT2D eigenvalue weighted by Gasteiger charge is 2.18. The van der Waals surface area contributed by atoms with Gasteiger partial charge in [-0.3, -0.25) is 14.2 Å². The lowest BCUT2D eigenvalue weighted by atomic mass is 10.5. The Morgan fingerprint density at radius 3 is 1.48 bits per heavy atom. The summed E-state index contributed by atoms with van der Waals surface area (Å²) in [5, 5.41) is 0. The Kier molecular flexibility index (Phi) is 11.6. The third-order valence-corrected chi connectivity index (χ3v) is 3.11. The second-order valence-corrected chi connectivity index (χ2v) is 6.64. The van der Waals surface area contributed by atoms with Crippen LogP contribution in [0.3, 0.4) is 0 Å². The molecule has 0 bridgehead atoms. The second kappa shape index (κ2) is 12.0. The molecule has 0 rings (SSSR count). The van der Waals surface area contributed by atoms with Gasteiger partial charge in [0.1, 0.15) is 25.9 Å². The lowest BCUT2D eigenvalue weighted by Crippen LogP contribution is -2.12. The standard InChI is InChI=1S/C12H23O8P/c1-11(13)7-17-3-5-19-9-21(15,16)10-20-6-4-18-8-12(2)14/h3-10H2,1-2H3,(H,15,16). The van der Waals surface area contributed by atoms with Crippen LogP contribution < -0.4 is 0 Å². The SMILES string of the molecule is CC(=O)COCCOCP(=O)(O)COCCOCC(C)=O. The van der Waals surface area contributed by atoms with Crippen molar-refractivity contribution < 1.29 is 38.0 Å². The van der Waals surface area contributed by atoms with Crippen LogP contribution in [-0.4, -0.2) is 68.8 Å². The zero-order valence-electron chi connectivity index (χ0n) is 12.4. The van der Waals surface area contributed by atoms with Gasteiger partial charge >= 0.3 is 0 Å². The lowest BCUT2D eigenvalue weighted by molar-refractivity contribution is -0.122. The minimum absolute atomic E-state index is 0.00349. The Morgan fingerprint density at radius 2 is 1.14 bits per heavy atom. The van der Waals surface area contributed by atoms with E-state index >= 15 is 0 Å². The molecule has 0 aromatic carbocycles. The second-order valence-electron chi connectivity index (χ2n) is 4.43. The third kappa shape index (κ3) is 15.6. The molecular weight excluding hydrogens is 303 g/mol. The summed E-state index contributed by atoms with van der Waals surface area (Å²) in [6.07, 6.45) is -0.685. The molecule has 0 aliphatic rings. The van der Waals surface area contributed by atoms with E-state index in [1.54, 1.807) is 0 Å². The van der Waals surface area contributed by atoms with Crippen LogP contribution in [-0.2, 0) is 33.1 Å². The van der Waals surface area contributed by atoms with Crippen LogP contribution in [0.4, 0.5) is 0 Å². The molecule has 0 saturated carbocycles. The summed E-state index contributed by atoms with van der Waals surface area (Å²) in [6, 6.07) is 0. The van der Waals surface area contributed by atoms with E-state index in [0.717, 1.165) is 0 Å². The molecular formula is C12H23O8P. The van der Waals surface area contributed by atoms with Gasteiger partial charge in [0.25, 0.3) is 0 Å². The minimum Gasteiger partial charge on any atom is -0.371 e. The van der Waals surface area contributed by atoms with Crippen molar-refractivity contribution in [3.8, 4) is 0 Å². The first kappa shape index (κ1) is 20.4. The molecule has 0 saturated heterocycles. The fraction of sp³-hybridized carbons (Fsp3) is 0.833. The molecule has 9 heteroatoms. The van der Waals surface area contributed by atoms with E-state index in [0.29, 0.717) is 0 Å². The number of hydrogen-bond acceptors (Lipinski definition) is 7. The molecule has 0 unspecified atom stereocenters. The van der Waals surface area contributed by atoms with E-state index in [9.17, 15) is 19.0 Å². The summed E-state index contributed by atoms with van der Waals surface area (Å²) >= 11 is 0. The van der Waals surface area contributed by atoms with Gasteiger partial charge in [0.05, 0.1) is 26.4 Å². The molecule has 0 spiro atoms. The van der Waals surface area contributed by atoms with Crippen LogP contribution in [0.25, 0.3) is 0 Å². The molecule has 21 heavy (non-hydrogen) atoms. The molecule has 124 valence electrons. The first-order valence-electron chi connectivity index (χ1n) is 6.44. The van der Waals surface area contributed by atoms with Gasteiger partial charge in [-0.1, -0.05) is 0 Å². The van der Waals surface area contributed by atoms with Crippen molar-refractivity contribution in [2.45, 2.75) is 13.8 Å². The fourth-order valence-corrected chi connectivity index (χ4v) is 2.02. The van der Waals surface area contributed by atoms with Crippen molar-refractivity contribution in [3.05, 3.63) is 0 Å². The lowest BCUT2D eigenvalue weighted by Gasteiger charge is -2.12. The largest absolute Gasteiger partial charge is 0.371 e. The maximum absolute atomic E-state index is 11.6. The predicted molar refractivity (Wildman–Crippen MR) is 74.5 cm³/mol. The smallest absolute Gasteiger partial charge is 0.250 e. The molecule has 0 aliphatic carbocycles. The summed E-state index contributed by atoms with van der Waals surface area (Å²) in [5.41, 5.74) is 0. The molecule has 0 heterocycles. The molecule has 0 atom stereocenters. The molecule has 0 aromatic heterocycles. The zero-order chi connectivity index (χ0) is 16.1. The predicted octanol–water partition coefficient (Wildman–Crippen LogP) is 0.416. The number of ether oxygens (including phenoxy) is 4. The average Bonchev–Trinajstić information content (AvgIpc) is 2.37. The number of carbonyl (C=O) groups excluding carboxylic acids is 2. The van der Waals surface area contributed by atoms with E-state index in [2.05, 4.69) is 0 Å². The van der Waals surface area contributed by atoms with Gasteiger partial charge in [0, 0.05) is 0 Å². The minimum atomic E-state index is -3.52. The average molecular weight is 326 g/mol. The van der Waals surface area contributed by atoms with E-state index in [-0.39, 0.29) is 63.9 Å². The number of rotatable bonds is 14. The van der Waals surface area contributed by atoms with Crippen molar-refractivity contribution in [2.24, 2.45) is 0 Å². The van der Waals surface area contributed by atoms with Crippen molar-refractivity contribution in [1.29, 1.82) is 0 Å². The summed E-state index contributed by atoms with van der Waals surface area (Å²) in [6.45, 7) is 3.42. The monoisotopic (exact) mass is 326 g/mol. The molecule has 0 radical (unpaired) electrons. The normalized spacial score (nSPS) is 11.6.